The first kappa shape index (κ1) is 21.4. The summed E-state index contributed by atoms with van der Waals surface area (Å²) in [5.74, 6) is 0.541. The number of aromatic nitrogens is 2. The Morgan fingerprint density at radius 1 is 1.07 bits per heavy atom. The van der Waals surface area contributed by atoms with E-state index >= 15 is 0 Å². The number of amides is 2. The molecular formula is C18H28N6O4S. The van der Waals surface area contributed by atoms with Gasteiger partial charge in [0.25, 0.3) is 0 Å². The summed E-state index contributed by atoms with van der Waals surface area (Å²) >= 11 is 0. The Labute approximate surface area is 171 Å². The van der Waals surface area contributed by atoms with Crippen molar-refractivity contribution in [1.29, 1.82) is 0 Å². The lowest BCUT2D eigenvalue weighted by molar-refractivity contribution is -0.147. The van der Waals surface area contributed by atoms with Crippen LogP contribution in [0.2, 0.25) is 0 Å². The minimum absolute atomic E-state index is 0.0721. The fourth-order valence-corrected chi connectivity index (χ4v) is 4.92. The lowest BCUT2D eigenvalue weighted by Crippen LogP contribution is -2.51. The van der Waals surface area contributed by atoms with Crippen molar-refractivity contribution < 1.29 is 18.0 Å². The second-order valence-electron chi connectivity index (χ2n) is 7.22. The summed E-state index contributed by atoms with van der Waals surface area (Å²) in [4.78, 5) is 35.7. The first-order valence-electron chi connectivity index (χ1n) is 9.95. The lowest BCUT2D eigenvalue weighted by Gasteiger charge is -2.35. The second-order valence-corrected chi connectivity index (χ2v) is 9.30. The van der Waals surface area contributed by atoms with Gasteiger partial charge >= 0.3 is 0 Å². The number of nitrogens with one attached hydrogen (secondary N) is 1. The normalized spacial score (nSPS) is 19.0. The van der Waals surface area contributed by atoms with Crippen LogP contribution in [0, 0.1) is 6.92 Å². The van der Waals surface area contributed by atoms with E-state index in [0.29, 0.717) is 51.4 Å². The minimum Gasteiger partial charge on any atom is -0.354 e. The summed E-state index contributed by atoms with van der Waals surface area (Å²) < 4.78 is 26.8. The first-order valence-corrected chi connectivity index (χ1v) is 11.6. The average molecular weight is 425 g/mol. The fraction of sp³-hybridized carbons (Fsp3) is 0.667. The third-order valence-corrected chi connectivity index (χ3v) is 6.94. The van der Waals surface area contributed by atoms with E-state index in [1.807, 2.05) is 24.8 Å². The number of piperazine rings is 1. The Balaban J connectivity index is 1.58. The number of carbonyl (C=O) groups excluding carboxylic acids is 2. The summed E-state index contributed by atoms with van der Waals surface area (Å²) in [5, 5.41) is 3.10. The van der Waals surface area contributed by atoms with Crippen LogP contribution in [0.15, 0.2) is 6.07 Å². The highest BCUT2D eigenvalue weighted by molar-refractivity contribution is 7.89. The Bertz CT molecular complexity index is 851. The number of sulfonamides is 1. The summed E-state index contributed by atoms with van der Waals surface area (Å²) in [6.45, 7) is 6.23. The SMILES string of the molecule is CCNc1nc(C)cc(N2CCN(S(=O)(=O)CCN3C(=O)CCCC3=O)CC2)n1. The van der Waals surface area contributed by atoms with Gasteiger partial charge in [0.1, 0.15) is 5.82 Å². The fourth-order valence-electron chi connectivity index (χ4n) is 3.53. The summed E-state index contributed by atoms with van der Waals surface area (Å²) in [6, 6.07) is 1.89. The van der Waals surface area contributed by atoms with Crippen molar-refractivity contribution >= 4 is 33.6 Å². The molecule has 2 fully saturated rings. The zero-order chi connectivity index (χ0) is 21.0. The minimum atomic E-state index is -3.54. The van der Waals surface area contributed by atoms with Crippen LogP contribution in [-0.4, -0.2) is 84.4 Å². The maximum atomic E-state index is 12.7. The smallest absolute Gasteiger partial charge is 0.229 e. The first-order chi connectivity index (χ1) is 13.8. The van der Waals surface area contributed by atoms with Crippen molar-refractivity contribution in [2.45, 2.75) is 33.1 Å². The Kier molecular flexibility index (Phi) is 6.68. The third kappa shape index (κ3) is 5.21. The molecule has 2 aliphatic heterocycles. The zero-order valence-electron chi connectivity index (χ0n) is 16.9. The Hall–Kier alpha value is -2.27. The molecule has 1 aromatic rings. The zero-order valence-corrected chi connectivity index (χ0v) is 17.7. The highest BCUT2D eigenvalue weighted by Crippen LogP contribution is 2.19. The van der Waals surface area contributed by atoms with Gasteiger partial charge in [0.2, 0.25) is 27.8 Å². The summed E-state index contributed by atoms with van der Waals surface area (Å²) in [5.41, 5.74) is 0.844. The quantitative estimate of drug-likeness (QED) is 0.618. The summed E-state index contributed by atoms with van der Waals surface area (Å²) in [7, 11) is -3.54. The number of anilines is 2. The molecule has 0 unspecified atom stereocenters. The molecule has 1 N–H and O–H groups in total. The van der Waals surface area contributed by atoms with Crippen LogP contribution in [0.3, 0.4) is 0 Å². The van der Waals surface area contributed by atoms with E-state index in [2.05, 4.69) is 15.3 Å². The maximum Gasteiger partial charge on any atom is 0.229 e. The lowest BCUT2D eigenvalue weighted by atomic mass is 10.1. The molecule has 2 saturated heterocycles. The molecule has 0 aromatic carbocycles. The molecule has 0 aliphatic carbocycles. The van der Waals surface area contributed by atoms with Crippen molar-refractivity contribution in [1.82, 2.24) is 19.2 Å². The second kappa shape index (κ2) is 9.04. The van der Waals surface area contributed by atoms with Crippen LogP contribution in [0.4, 0.5) is 11.8 Å². The average Bonchev–Trinajstić information content (AvgIpc) is 2.67. The van der Waals surface area contributed by atoms with E-state index in [1.54, 1.807) is 0 Å². The van der Waals surface area contributed by atoms with Gasteiger partial charge in [0.05, 0.1) is 5.75 Å². The molecule has 29 heavy (non-hydrogen) atoms. The third-order valence-electron chi connectivity index (χ3n) is 5.09. The molecule has 3 heterocycles. The standard InChI is InChI=1S/C18H28N6O4S/c1-3-19-18-20-14(2)13-15(21-18)22-7-9-23(10-8-22)29(27,28)12-11-24-16(25)5-4-6-17(24)26/h13H,3-12H2,1-2H3,(H,19,20,21). The van der Waals surface area contributed by atoms with E-state index in [9.17, 15) is 18.0 Å². The topological polar surface area (TPSA) is 116 Å². The van der Waals surface area contributed by atoms with Gasteiger partial charge in [-0.15, -0.1) is 0 Å². The number of piperidine rings is 1. The van der Waals surface area contributed by atoms with Crippen LogP contribution in [0.1, 0.15) is 31.9 Å². The molecule has 10 nitrogen and oxygen atoms in total. The number of rotatable bonds is 7. The molecule has 0 bridgehead atoms. The molecule has 2 amide bonds. The van der Waals surface area contributed by atoms with Crippen LogP contribution >= 0.6 is 0 Å². The molecule has 1 aromatic heterocycles. The highest BCUT2D eigenvalue weighted by atomic mass is 32.2. The van der Waals surface area contributed by atoms with Crippen LogP contribution in [0.25, 0.3) is 0 Å². The van der Waals surface area contributed by atoms with Gasteiger partial charge in [-0.05, 0) is 20.3 Å². The predicted octanol–water partition coefficient (Wildman–Crippen LogP) is 0.208. The van der Waals surface area contributed by atoms with Gasteiger partial charge in [-0.3, -0.25) is 14.5 Å². The molecule has 11 heteroatoms. The van der Waals surface area contributed by atoms with E-state index in [-0.39, 0.29) is 24.1 Å². The summed E-state index contributed by atoms with van der Waals surface area (Å²) in [6.07, 6.45) is 1.15. The van der Waals surface area contributed by atoms with Gasteiger partial charge in [0.15, 0.2) is 0 Å². The van der Waals surface area contributed by atoms with Crippen molar-refractivity contribution in [2.75, 3.05) is 55.2 Å². The van der Waals surface area contributed by atoms with Crippen molar-refractivity contribution in [2.24, 2.45) is 0 Å². The monoisotopic (exact) mass is 424 g/mol. The Morgan fingerprint density at radius 3 is 2.34 bits per heavy atom. The number of imide groups is 1. The molecular weight excluding hydrogens is 396 g/mol. The number of aryl methyl sites for hydroxylation is 1. The van der Waals surface area contributed by atoms with Gasteiger partial charge in [-0.25, -0.2) is 13.4 Å². The van der Waals surface area contributed by atoms with Gasteiger partial charge in [0, 0.05) is 63.9 Å². The van der Waals surface area contributed by atoms with Gasteiger partial charge in [-0.1, -0.05) is 0 Å². The molecule has 2 aliphatic rings. The molecule has 0 saturated carbocycles. The highest BCUT2D eigenvalue weighted by Gasteiger charge is 2.31. The van der Waals surface area contributed by atoms with E-state index < -0.39 is 10.0 Å². The number of hydrogen-bond acceptors (Lipinski definition) is 8. The number of carbonyl (C=O) groups is 2. The molecule has 160 valence electrons. The maximum absolute atomic E-state index is 12.7. The molecule has 0 spiro atoms. The van der Waals surface area contributed by atoms with Crippen LogP contribution in [0.5, 0.6) is 0 Å². The van der Waals surface area contributed by atoms with Crippen molar-refractivity contribution in [3.05, 3.63) is 11.8 Å². The van der Waals surface area contributed by atoms with E-state index in [4.69, 9.17) is 0 Å². The van der Waals surface area contributed by atoms with E-state index in [0.717, 1.165) is 23.0 Å². The number of hydrogen-bond donors (Lipinski definition) is 1. The van der Waals surface area contributed by atoms with Crippen LogP contribution in [-0.2, 0) is 19.6 Å². The molecule has 3 rings (SSSR count). The number of nitrogens with zero attached hydrogens (tertiary/aromatic N) is 5. The predicted molar refractivity (Wildman–Crippen MR) is 109 cm³/mol. The van der Waals surface area contributed by atoms with Gasteiger partial charge in [-0.2, -0.15) is 9.29 Å². The number of likely N-dealkylation sites (tertiary alicyclic amines) is 1. The van der Waals surface area contributed by atoms with Gasteiger partial charge < -0.3 is 10.2 Å². The molecule has 0 atom stereocenters. The van der Waals surface area contributed by atoms with Crippen molar-refractivity contribution in [3.63, 3.8) is 0 Å². The Morgan fingerprint density at radius 2 is 1.72 bits per heavy atom. The van der Waals surface area contributed by atoms with Crippen LogP contribution < -0.4 is 10.2 Å². The van der Waals surface area contributed by atoms with Crippen molar-refractivity contribution in [3.8, 4) is 0 Å². The largest absolute Gasteiger partial charge is 0.354 e. The van der Waals surface area contributed by atoms with E-state index in [1.165, 1.54) is 4.31 Å². The molecule has 0 radical (unpaired) electrons.